The molecule has 52 valence electrons. The lowest BCUT2D eigenvalue weighted by Gasteiger charge is -2.19. The highest BCUT2D eigenvalue weighted by Gasteiger charge is 2.11. The average molecular weight is 240 g/mol. The summed E-state index contributed by atoms with van der Waals surface area (Å²) < 4.78 is 2.20. The van der Waals surface area contributed by atoms with Crippen LogP contribution in [0.2, 0.25) is 0 Å². The predicted molar refractivity (Wildman–Crippen MR) is 44.0 cm³/mol. The standard InChI is InChI=1S/C5H9IN2O/c6-8-3-1-5(7-9)2-4-8/h9H,1-4H2. The Morgan fingerprint density at radius 1 is 1.44 bits per heavy atom. The lowest BCUT2D eigenvalue weighted by molar-refractivity contribution is 0.312. The van der Waals surface area contributed by atoms with Crippen molar-refractivity contribution in [1.82, 2.24) is 3.11 Å². The van der Waals surface area contributed by atoms with Gasteiger partial charge in [0, 0.05) is 48.8 Å². The highest BCUT2D eigenvalue weighted by molar-refractivity contribution is 14.1. The van der Waals surface area contributed by atoms with E-state index in [4.69, 9.17) is 5.21 Å². The van der Waals surface area contributed by atoms with Crippen LogP contribution >= 0.6 is 22.9 Å². The maximum absolute atomic E-state index is 8.34. The molecule has 1 aliphatic rings. The maximum Gasteiger partial charge on any atom is 0.0596 e. The van der Waals surface area contributed by atoms with Crippen molar-refractivity contribution in [3.8, 4) is 0 Å². The molecule has 0 spiro atoms. The van der Waals surface area contributed by atoms with Crippen molar-refractivity contribution in [2.45, 2.75) is 12.8 Å². The second kappa shape index (κ2) is 3.36. The van der Waals surface area contributed by atoms with Gasteiger partial charge in [-0.2, -0.15) is 0 Å². The summed E-state index contributed by atoms with van der Waals surface area (Å²) in [4.78, 5) is 0. The third-order valence-corrected chi connectivity index (χ3v) is 2.39. The van der Waals surface area contributed by atoms with Crippen LogP contribution in [-0.2, 0) is 0 Å². The van der Waals surface area contributed by atoms with E-state index < -0.39 is 0 Å². The molecule has 9 heavy (non-hydrogen) atoms. The van der Waals surface area contributed by atoms with Gasteiger partial charge in [-0.3, -0.25) is 0 Å². The van der Waals surface area contributed by atoms with E-state index in [1.807, 2.05) is 0 Å². The molecule has 1 heterocycles. The highest BCUT2D eigenvalue weighted by atomic mass is 127. The number of hydrogen-bond acceptors (Lipinski definition) is 3. The smallest absolute Gasteiger partial charge is 0.0596 e. The molecule has 0 atom stereocenters. The molecule has 0 aromatic carbocycles. The number of nitrogens with zero attached hydrogens (tertiary/aromatic N) is 2. The second-order valence-electron chi connectivity index (χ2n) is 2.08. The molecule has 0 unspecified atom stereocenters. The van der Waals surface area contributed by atoms with Crippen LogP contribution < -0.4 is 0 Å². The van der Waals surface area contributed by atoms with Gasteiger partial charge in [0.25, 0.3) is 0 Å². The van der Waals surface area contributed by atoms with E-state index in [1.165, 1.54) is 0 Å². The summed E-state index contributed by atoms with van der Waals surface area (Å²) in [5.41, 5.74) is 0.933. The van der Waals surface area contributed by atoms with Crippen LogP contribution in [0.3, 0.4) is 0 Å². The van der Waals surface area contributed by atoms with Gasteiger partial charge in [-0.15, -0.1) is 0 Å². The van der Waals surface area contributed by atoms with Gasteiger partial charge in [-0.1, -0.05) is 5.16 Å². The Hall–Kier alpha value is 0.160. The summed E-state index contributed by atoms with van der Waals surface area (Å²) >= 11 is 2.28. The summed E-state index contributed by atoms with van der Waals surface area (Å²) in [5, 5.41) is 11.5. The first-order valence-electron chi connectivity index (χ1n) is 2.93. The largest absolute Gasteiger partial charge is 0.411 e. The fraction of sp³-hybridized carbons (Fsp3) is 0.800. The van der Waals surface area contributed by atoms with E-state index in [0.717, 1.165) is 31.6 Å². The topological polar surface area (TPSA) is 35.8 Å². The number of halogens is 1. The van der Waals surface area contributed by atoms with Gasteiger partial charge in [-0.25, -0.2) is 3.11 Å². The average Bonchev–Trinajstić information content (AvgIpc) is 1.90. The summed E-state index contributed by atoms with van der Waals surface area (Å²) in [7, 11) is 0. The zero-order chi connectivity index (χ0) is 6.69. The summed E-state index contributed by atoms with van der Waals surface area (Å²) in [6.45, 7) is 2.03. The minimum absolute atomic E-state index is 0.916. The Kier molecular flexibility index (Phi) is 2.71. The van der Waals surface area contributed by atoms with Gasteiger partial charge in [0.15, 0.2) is 0 Å². The van der Waals surface area contributed by atoms with Crippen molar-refractivity contribution in [3.05, 3.63) is 0 Å². The quantitative estimate of drug-likeness (QED) is 0.299. The SMILES string of the molecule is ON=C1CCN(I)CC1. The van der Waals surface area contributed by atoms with Crippen LogP contribution in [0.5, 0.6) is 0 Å². The monoisotopic (exact) mass is 240 g/mol. The molecule has 1 rings (SSSR count). The predicted octanol–water partition coefficient (Wildman–Crippen LogP) is 1.26. The molecule has 0 aromatic heterocycles. The summed E-state index contributed by atoms with van der Waals surface area (Å²) in [6, 6.07) is 0. The molecular weight excluding hydrogens is 231 g/mol. The van der Waals surface area contributed by atoms with E-state index in [2.05, 4.69) is 31.1 Å². The Balaban J connectivity index is 2.35. The van der Waals surface area contributed by atoms with Gasteiger partial charge in [-0.05, 0) is 0 Å². The summed E-state index contributed by atoms with van der Waals surface area (Å²) in [5.74, 6) is 0. The van der Waals surface area contributed by atoms with Gasteiger partial charge in [0.05, 0.1) is 5.71 Å². The lowest BCUT2D eigenvalue weighted by atomic mass is 10.1. The Morgan fingerprint density at radius 2 is 2.00 bits per heavy atom. The van der Waals surface area contributed by atoms with Crippen LogP contribution in [0, 0.1) is 0 Å². The van der Waals surface area contributed by atoms with Gasteiger partial charge >= 0.3 is 0 Å². The molecule has 1 saturated heterocycles. The zero-order valence-corrected chi connectivity index (χ0v) is 7.21. The first-order valence-corrected chi connectivity index (χ1v) is 3.90. The fourth-order valence-corrected chi connectivity index (χ4v) is 1.32. The number of oxime groups is 1. The van der Waals surface area contributed by atoms with Crippen molar-refractivity contribution < 1.29 is 5.21 Å². The third-order valence-electron chi connectivity index (χ3n) is 1.43. The third kappa shape index (κ3) is 2.09. The van der Waals surface area contributed by atoms with Crippen LogP contribution in [0.1, 0.15) is 12.8 Å². The minimum Gasteiger partial charge on any atom is -0.411 e. The molecule has 0 amide bonds. The van der Waals surface area contributed by atoms with Crippen molar-refractivity contribution in [2.24, 2.45) is 5.16 Å². The van der Waals surface area contributed by atoms with Crippen LogP contribution in [-0.4, -0.2) is 27.1 Å². The van der Waals surface area contributed by atoms with Gasteiger partial charge in [0.1, 0.15) is 0 Å². The molecule has 1 aliphatic heterocycles. The van der Waals surface area contributed by atoms with Crippen molar-refractivity contribution in [2.75, 3.05) is 13.1 Å². The van der Waals surface area contributed by atoms with Crippen LogP contribution in [0.15, 0.2) is 5.16 Å². The van der Waals surface area contributed by atoms with E-state index in [1.54, 1.807) is 0 Å². The molecule has 0 aromatic rings. The van der Waals surface area contributed by atoms with E-state index >= 15 is 0 Å². The van der Waals surface area contributed by atoms with Crippen LogP contribution in [0.4, 0.5) is 0 Å². The van der Waals surface area contributed by atoms with E-state index in [-0.39, 0.29) is 0 Å². The number of hydrogen-bond donors (Lipinski definition) is 1. The molecule has 0 radical (unpaired) electrons. The van der Waals surface area contributed by atoms with E-state index in [9.17, 15) is 0 Å². The molecule has 1 fully saturated rings. The minimum atomic E-state index is 0.916. The summed E-state index contributed by atoms with van der Waals surface area (Å²) in [6.07, 6.45) is 1.83. The molecular formula is C5H9IN2O. The lowest BCUT2D eigenvalue weighted by Crippen LogP contribution is -2.25. The number of piperidine rings is 1. The van der Waals surface area contributed by atoms with Crippen molar-refractivity contribution in [1.29, 1.82) is 0 Å². The molecule has 0 saturated carbocycles. The molecule has 4 heteroatoms. The first-order chi connectivity index (χ1) is 4.33. The number of rotatable bonds is 0. The van der Waals surface area contributed by atoms with E-state index in [0.29, 0.717) is 0 Å². The molecule has 1 N–H and O–H groups in total. The maximum atomic E-state index is 8.34. The molecule has 3 nitrogen and oxygen atoms in total. The van der Waals surface area contributed by atoms with Crippen molar-refractivity contribution >= 4 is 28.6 Å². The first kappa shape index (κ1) is 7.27. The zero-order valence-electron chi connectivity index (χ0n) is 5.05. The second-order valence-corrected chi connectivity index (χ2v) is 3.44. The highest BCUT2D eigenvalue weighted by Crippen LogP contribution is 2.10. The molecule has 0 aliphatic carbocycles. The fourth-order valence-electron chi connectivity index (χ4n) is 0.838. The van der Waals surface area contributed by atoms with Crippen LogP contribution in [0.25, 0.3) is 0 Å². The molecule has 0 bridgehead atoms. The van der Waals surface area contributed by atoms with Gasteiger partial charge in [0.2, 0.25) is 0 Å². The van der Waals surface area contributed by atoms with Crippen molar-refractivity contribution in [3.63, 3.8) is 0 Å². The van der Waals surface area contributed by atoms with Gasteiger partial charge < -0.3 is 5.21 Å². The Morgan fingerprint density at radius 3 is 2.44 bits per heavy atom. The Bertz CT molecular complexity index is 116. The Labute approximate surface area is 68.2 Å². The normalized spacial score (nSPS) is 22.1.